The lowest BCUT2D eigenvalue weighted by Gasteiger charge is -2.33. The minimum absolute atomic E-state index is 0.0146. The van der Waals surface area contributed by atoms with Gasteiger partial charge in [0.15, 0.2) is 11.5 Å². The van der Waals surface area contributed by atoms with Crippen LogP contribution in [0.3, 0.4) is 0 Å². The van der Waals surface area contributed by atoms with Crippen molar-refractivity contribution in [1.82, 2.24) is 25.1 Å². The molecule has 3 aromatic heterocycles. The number of hydrogen-bond donors (Lipinski definition) is 1. The standard InChI is InChI=1S/C25H27ClN6OS/c1-16(2)23(20-4-3-15-34-20)27-25(33)18-11-13-31(14-12-18)22-10-9-21-28-29-24(32(21)30-22)17-5-7-19(26)8-6-17/h3-10,15-16,18,23H,11-14H2,1-2H3,(H,27,33)/t23-/m1/s1. The number of halogens is 1. The molecule has 1 amide bonds. The Morgan fingerprint density at radius 3 is 2.53 bits per heavy atom. The molecule has 1 saturated heterocycles. The van der Waals surface area contributed by atoms with Gasteiger partial charge in [0.05, 0.1) is 6.04 Å². The van der Waals surface area contributed by atoms with Crippen LogP contribution in [0.25, 0.3) is 17.0 Å². The minimum atomic E-state index is 0.0146. The zero-order valence-electron chi connectivity index (χ0n) is 19.2. The molecule has 4 aromatic rings. The Morgan fingerprint density at radius 2 is 1.85 bits per heavy atom. The number of fused-ring (bicyclic) bond motifs is 1. The van der Waals surface area contributed by atoms with Crippen LogP contribution in [-0.2, 0) is 4.79 Å². The van der Waals surface area contributed by atoms with E-state index in [1.165, 1.54) is 4.88 Å². The second-order valence-electron chi connectivity index (χ2n) is 9.00. The Morgan fingerprint density at radius 1 is 1.09 bits per heavy atom. The summed E-state index contributed by atoms with van der Waals surface area (Å²) in [6, 6.07) is 15.6. The minimum Gasteiger partial charge on any atom is -0.355 e. The number of nitrogens with one attached hydrogen (secondary N) is 1. The summed E-state index contributed by atoms with van der Waals surface area (Å²) in [4.78, 5) is 16.5. The number of rotatable bonds is 6. The number of piperidine rings is 1. The molecular weight excluding hydrogens is 468 g/mol. The van der Waals surface area contributed by atoms with Gasteiger partial charge in [0.25, 0.3) is 0 Å². The molecule has 0 radical (unpaired) electrons. The fraction of sp³-hybridized carbons (Fsp3) is 0.360. The summed E-state index contributed by atoms with van der Waals surface area (Å²) in [6.45, 7) is 5.86. The van der Waals surface area contributed by atoms with Crippen molar-refractivity contribution in [1.29, 1.82) is 0 Å². The predicted molar refractivity (Wildman–Crippen MR) is 136 cm³/mol. The monoisotopic (exact) mass is 494 g/mol. The van der Waals surface area contributed by atoms with Crippen molar-refractivity contribution in [2.75, 3.05) is 18.0 Å². The molecule has 1 aliphatic heterocycles. The van der Waals surface area contributed by atoms with Gasteiger partial charge < -0.3 is 10.2 Å². The first kappa shape index (κ1) is 22.8. The van der Waals surface area contributed by atoms with Crippen molar-refractivity contribution in [3.8, 4) is 11.4 Å². The number of benzene rings is 1. The maximum Gasteiger partial charge on any atom is 0.223 e. The fourth-order valence-corrected chi connectivity index (χ4v) is 5.48. The van der Waals surface area contributed by atoms with E-state index >= 15 is 0 Å². The summed E-state index contributed by atoms with van der Waals surface area (Å²) in [7, 11) is 0. The topological polar surface area (TPSA) is 75.4 Å². The zero-order chi connectivity index (χ0) is 23.7. The largest absolute Gasteiger partial charge is 0.355 e. The number of hydrogen-bond acceptors (Lipinski definition) is 6. The van der Waals surface area contributed by atoms with E-state index in [1.807, 2.05) is 42.5 Å². The maximum absolute atomic E-state index is 13.0. The van der Waals surface area contributed by atoms with Gasteiger partial charge in [-0.3, -0.25) is 4.79 Å². The predicted octanol–water partition coefficient (Wildman–Crippen LogP) is 5.24. The van der Waals surface area contributed by atoms with Crippen LogP contribution in [0, 0.1) is 11.8 Å². The molecule has 0 saturated carbocycles. The van der Waals surface area contributed by atoms with Crippen LogP contribution in [-0.4, -0.2) is 38.8 Å². The molecule has 4 heterocycles. The molecule has 1 aromatic carbocycles. The second kappa shape index (κ2) is 9.72. The van der Waals surface area contributed by atoms with E-state index in [0.29, 0.717) is 22.4 Å². The summed E-state index contributed by atoms with van der Waals surface area (Å²) in [5.74, 6) is 2.05. The molecule has 0 aliphatic carbocycles. The van der Waals surface area contributed by atoms with Crippen LogP contribution >= 0.6 is 22.9 Å². The normalized spacial score (nSPS) is 15.7. The lowest BCUT2D eigenvalue weighted by atomic mass is 9.94. The number of carbonyl (C=O) groups excluding carboxylic acids is 1. The van der Waals surface area contributed by atoms with Crippen LogP contribution in [0.5, 0.6) is 0 Å². The molecule has 0 unspecified atom stereocenters. The number of amides is 1. The fourth-order valence-electron chi connectivity index (χ4n) is 4.40. The van der Waals surface area contributed by atoms with Crippen LogP contribution in [0.15, 0.2) is 53.9 Å². The van der Waals surface area contributed by atoms with Crippen LogP contribution in [0.4, 0.5) is 5.82 Å². The maximum atomic E-state index is 13.0. The number of anilines is 1. The summed E-state index contributed by atoms with van der Waals surface area (Å²) in [6.07, 6.45) is 1.60. The smallest absolute Gasteiger partial charge is 0.223 e. The lowest BCUT2D eigenvalue weighted by molar-refractivity contribution is -0.126. The molecule has 9 heteroatoms. The van der Waals surface area contributed by atoms with Crippen molar-refractivity contribution >= 4 is 40.3 Å². The Labute approximate surface area is 207 Å². The van der Waals surface area contributed by atoms with E-state index in [-0.39, 0.29) is 17.9 Å². The molecule has 1 fully saturated rings. The quantitative estimate of drug-likeness (QED) is 0.397. The van der Waals surface area contributed by atoms with Crippen molar-refractivity contribution in [2.45, 2.75) is 32.7 Å². The van der Waals surface area contributed by atoms with Crippen molar-refractivity contribution < 1.29 is 4.79 Å². The third kappa shape index (κ3) is 4.65. The molecular formula is C25H27ClN6OS. The van der Waals surface area contributed by atoms with Crippen LogP contribution in [0.1, 0.15) is 37.6 Å². The Bertz CT molecular complexity index is 1260. The van der Waals surface area contributed by atoms with Gasteiger partial charge in [-0.1, -0.05) is 31.5 Å². The van der Waals surface area contributed by atoms with E-state index in [0.717, 1.165) is 37.3 Å². The van der Waals surface area contributed by atoms with E-state index in [4.69, 9.17) is 16.7 Å². The van der Waals surface area contributed by atoms with E-state index in [9.17, 15) is 4.79 Å². The third-order valence-corrected chi connectivity index (χ3v) is 7.56. The first-order valence-corrected chi connectivity index (χ1v) is 12.8. The van der Waals surface area contributed by atoms with Gasteiger partial charge in [0, 0.05) is 34.5 Å². The van der Waals surface area contributed by atoms with E-state index in [2.05, 4.69) is 45.7 Å². The first-order chi connectivity index (χ1) is 16.5. The molecule has 7 nitrogen and oxygen atoms in total. The van der Waals surface area contributed by atoms with Gasteiger partial charge in [0.1, 0.15) is 5.82 Å². The molecule has 1 atom stereocenters. The second-order valence-corrected chi connectivity index (χ2v) is 10.4. The van der Waals surface area contributed by atoms with E-state index in [1.54, 1.807) is 15.9 Å². The lowest BCUT2D eigenvalue weighted by Crippen LogP contribution is -2.42. The Hall–Kier alpha value is -2.97. The summed E-state index contributed by atoms with van der Waals surface area (Å²) >= 11 is 7.73. The van der Waals surface area contributed by atoms with Gasteiger partial charge >= 0.3 is 0 Å². The van der Waals surface area contributed by atoms with E-state index < -0.39 is 0 Å². The molecule has 176 valence electrons. The van der Waals surface area contributed by atoms with Gasteiger partial charge in [-0.15, -0.1) is 26.6 Å². The first-order valence-electron chi connectivity index (χ1n) is 11.6. The highest BCUT2D eigenvalue weighted by Crippen LogP contribution is 2.28. The van der Waals surface area contributed by atoms with Gasteiger partial charge in [-0.2, -0.15) is 4.52 Å². The molecule has 1 N–H and O–H groups in total. The summed E-state index contributed by atoms with van der Waals surface area (Å²) in [5, 5.41) is 19.4. The summed E-state index contributed by atoms with van der Waals surface area (Å²) in [5.41, 5.74) is 1.60. The SMILES string of the molecule is CC(C)[C@@H](NC(=O)C1CCN(c2ccc3nnc(-c4ccc(Cl)cc4)n3n2)CC1)c1cccs1. The molecule has 0 spiro atoms. The molecule has 0 bridgehead atoms. The van der Waals surface area contributed by atoms with Gasteiger partial charge in [-0.05, 0) is 66.6 Å². The third-order valence-electron chi connectivity index (χ3n) is 6.36. The highest BCUT2D eigenvalue weighted by Gasteiger charge is 2.29. The number of aromatic nitrogens is 4. The molecule has 1 aliphatic rings. The average Bonchev–Trinajstić information content (AvgIpc) is 3.53. The Balaban J connectivity index is 1.27. The summed E-state index contributed by atoms with van der Waals surface area (Å²) < 4.78 is 1.77. The van der Waals surface area contributed by atoms with Crippen molar-refractivity contribution in [2.24, 2.45) is 11.8 Å². The number of thiophene rings is 1. The van der Waals surface area contributed by atoms with Crippen molar-refractivity contribution in [3.63, 3.8) is 0 Å². The zero-order valence-corrected chi connectivity index (χ0v) is 20.8. The van der Waals surface area contributed by atoms with Crippen molar-refractivity contribution in [3.05, 3.63) is 63.8 Å². The van der Waals surface area contributed by atoms with Crippen LogP contribution < -0.4 is 10.2 Å². The molecule has 5 rings (SSSR count). The van der Waals surface area contributed by atoms with Gasteiger partial charge in [-0.25, -0.2) is 0 Å². The number of carbonyl (C=O) groups is 1. The average molecular weight is 495 g/mol. The Kier molecular flexibility index (Phi) is 6.52. The number of nitrogens with zero attached hydrogens (tertiary/aromatic N) is 5. The molecule has 34 heavy (non-hydrogen) atoms. The van der Waals surface area contributed by atoms with Crippen LogP contribution in [0.2, 0.25) is 5.02 Å². The highest BCUT2D eigenvalue weighted by atomic mass is 35.5. The van der Waals surface area contributed by atoms with Gasteiger partial charge in [0.2, 0.25) is 5.91 Å². The highest BCUT2D eigenvalue weighted by molar-refractivity contribution is 7.10.